The monoisotopic (exact) mass is 277 g/mol. The van der Waals surface area contributed by atoms with Crippen LogP contribution in [0.4, 0.5) is 14.5 Å². The largest absolute Gasteiger partial charge is 0.435 e. The predicted molar refractivity (Wildman–Crippen MR) is 76.3 cm³/mol. The van der Waals surface area contributed by atoms with Gasteiger partial charge in [0.1, 0.15) is 5.75 Å². The number of ether oxygens (including phenoxy) is 1. The smallest absolute Gasteiger partial charge is 0.387 e. The molecule has 0 saturated carbocycles. The van der Waals surface area contributed by atoms with Gasteiger partial charge in [-0.1, -0.05) is 24.3 Å². The van der Waals surface area contributed by atoms with E-state index in [0.29, 0.717) is 6.54 Å². The molecule has 0 bridgehead atoms. The van der Waals surface area contributed by atoms with Crippen molar-refractivity contribution in [3.63, 3.8) is 0 Å². The summed E-state index contributed by atoms with van der Waals surface area (Å²) in [6.45, 7) is 1.98. The fourth-order valence-electron chi connectivity index (χ4n) is 1.98. The summed E-state index contributed by atoms with van der Waals surface area (Å²) in [5.74, 6) is 0.158. The Bertz CT molecular complexity index is 584. The minimum absolute atomic E-state index is 0.158. The number of hydrogen-bond donors (Lipinski definition) is 1. The molecule has 2 nitrogen and oxygen atoms in total. The maximum Gasteiger partial charge on any atom is 0.387 e. The van der Waals surface area contributed by atoms with Crippen LogP contribution >= 0.6 is 0 Å². The summed E-state index contributed by atoms with van der Waals surface area (Å²) < 4.78 is 28.7. The second kappa shape index (κ2) is 6.37. The van der Waals surface area contributed by atoms with Gasteiger partial charge in [0.25, 0.3) is 0 Å². The summed E-state index contributed by atoms with van der Waals surface area (Å²) >= 11 is 0. The Hall–Kier alpha value is -2.10. The van der Waals surface area contributed by atoms with Gasteiger partial charge in [0.2, 0.25) is 0 Å². The number of halogens is 2. The van der Waals surface area contributed by atoms with Gasteiger partial charge in [0, 0.05) is 18.3 Å². The highest BCUT2D eigenvalue weighted by Gasteiger charge is 2.05. The van der Waals surface area contributed by atoms with E-state index in [-0.39, 0.29) is 5.75 Å². The highest BCUT2D eigenvalue weighted by molar-refractivity contribution is 5.49. The van der Waals surface area contributed by atoms with E-state index in [4.69, 9.17) is 0 Å². The molecule has 0 aliphatic rings. The molecule has 0 spiro atoms. The third kappa shape index (κ3) is 3.70. The van der Waals surface area contributed by atoms with Crippen LogP contribution < -0.4 is 10.1 Å². The molecule has 2 aromatic rings. The van der Waals surface area contributed by atoms with Gasteiger partial charge in [-0.05, 0) is 42.7 Å². The van der Waals surface area contributed by atoms with E-state index >= 15 is 0 Å². The normalized spacial score (nSPS) is 10.7. The van der Waals surface area contributed by atoms with Crippen molar-refractivity contribution in [2.45, 2.75) is 27.0 Å². The average molecular weight is 277 g/mol. The predicted octanol–water partition coefficient (Wildman–Crippen LogP) is 4.52. The van der Waals surface area contributed by atoms with E-state index in [2.05, 4.69) is 36.0 Å². The van der Waals surface area contributed by atoms with Crippen molar-refractivity contribution in [1.29, 1.82) is 0 Å². The van der Waals surface area contributed by atoms with Crippen molar-refractivity contribution >= 4 is 5.69 Å². The molecule has 0 aromatic heterocycles. The molecule has 0 saturated heterocycles. The van der Waals surface area contributed by atoms with Crippen molar-refractivity contribution < 1.29 is 13.5 Å². The van der Waals surface area contributed by atoms with E-state index in [0.717, 1.165) is 5.69 Å². The van der Waals surface area contributed by atoms with Crippen LogP contribution in [0.1, 0.15) is 16.7 Å². The first-order valence-corrected chi connectivity index (χ1v) is 6.40. The summed E-state index contributed by atoms with van der Waals surface area (Å²) in [7, 11) is 0. The number of benzene rings is 2. The molecule has 0 heterocycles. The zero-order chi connectivity index (χ0) is 14.5. The van der Waals surface area contributed by atoms with E-state index in [1.165, 1.54) is 22.8 Å². The minimum atomic E-state index is -2.80. The Kier molecular flexibility index (Phi) is 4.56. The van der Waals surface area contributed by atoms with Crippen LogP contribution in [0.2, 0.25) is 0 Å². The number of rotatable bonds is 5. The van der Waals surface area contributed by atoms with Crippen molar-refractivity contribution in [2.75, 3.05) is 5.32 Å². The molecule has 0 aliphatic heterocycles. The van der Waals surface area contributed by atoms with Crippen LogP contribution in [0, 0.1) is 13.8 Å². The molecule has 1 N–H and O–H groups in total. The summed E-state index contributed by atoms with van der Waals surface area (Å²) in [6, 6.07) is 12.7. The third-order valence-electron chi connectivity index (χ3n) is 3.26. The second-order valence-electron chi connectivity index (χ2n) is 4.62. The molecule has 0 fully saturated rings. The molecule has 0 amide bonds. The number of nitrogens with one attached hydrogen (secondary N) is 1. The van der Waals surface area contributed by atoms with E-state index < -0.39 is 6.61 Å². The van der Waals surface area contributed by atoms with Crippen LogP contribution in [-0.4, -0.2) is 6.61 Å². The number of anilines is 1. The van der Waals surface area contributed by atoms with Crippen LogP contribution in [0.15, 0.2) is 42.5 Å². The van der Waals surface area contributed by atoms with Crippen molar-refractivity contribution in [3.05, 3.63) is 59.2 Å². The van der Waals surface area contributed by atoms with Gasteiger partial charge in [-0.2, -0.15) is 8.78 Å². The van der Waals surface area contributed by atoms with E-state index in [9.17, 15) is 8.78 Å². The summed E-state index contributed by atoms with van der Waals surface area (Å²) in [5.41, 5.74) is 4.41. The summed E-state index contributed by atoms with van der Waals surface area (Å²) in [5, 5.41) is 3.22. The number of alkyl halides is 2. The van der Waals surface area contributed by atoms with Crippen molar-refractivity contribution in [3.8, 4) is 5.75 Å². The van der Waals surface area contributed by atoms with Gasteiger partial charge < -0.3 is 10.1 Å². The van der Waals surface area contributed by atoms with Crippen LogP contribution in [0.5, 0.6) is 5.75 Å². The first-order chi connectivity index (χ1) is 9.56. The topological polar surface area (TPSA) is 21.3 Å². The molecule has 20 heavy (non-hydrogen) atoms. The summed E-state index contributed by atoms with van der Waals surface area (Å²) in [6.07, 6.45) is 0. The Balaban J connectivity index is 2.05. The minimum Gasteiger partial charge on any atom is -0.435 e. The molecule has 0 radical (unpaired) electrons. The molecule has 0 aliphatic carbocycles. The fraction of sp³-hybridized carbons (Fsp3) is 0.250. The van der Waals surface area contributed by atoms with Crippen molar-refractivity contribution in [1.82, 2.24) is 0 Å². The number of aryl methyl sites for hydroxylation is 1. The third-order valence-corrected chi connectivity index (χ3v) is 3.26. The maximum absolute atomic E-state index is 12.2. The standard InChI is InChI=1S/C16H17F2NO/c1-11-5-3-6-13(12(11)2)10-19-14-7-4-8-15(9-14)20-16(17)18/h3-9,16,19H,10H2,1-2H3. The van der Waals surface area contributed by atoms with Gasteiger partial charge >= 0.3 is 6.61 Å². The molecule has 0 unspecified atom stereocenters. The molecule has 4 heteroatoms. The lowest BCUT2D eigenvalue weighted by atomic mass is 10.0. The fourth-order valence-corrected chi connectivity index (χ4v) is 1.98. The Morgan fingerprint density at radius 2 is 1.85 bits per heavy atom. The van der Waals surface area contributed by atoms with E-state index in [1.807, 2.05) is 12.1 Å². The van der Waals surface area contributed by atoms with Gasteiger partial charge in [-0.15, -0.1) is 0 Å². The molecular formula is C16H17F2NO. The Morgan fingerprint density at radius 3 is 2.60 bits per heavy atom. The second-order valence-corrected chi connectivity index (χ2v) is 4.62. The zero-order valence-electron chi connectivity index (χ0n) is 11.5. The molecule has 106 valence electrons. The van der Waals surface area contributed by atoms with Crippen LogP contribution in [-0.2, 0) is 6.54 Å². The van der Waals surface area contributed by atoms with Crippen molar-refractivity contribution in [2.24, 2.45) is 0 Å². The summed E-state index contributed by atoms with van der Waals surface area (Å²) in [4.78, 5) is 0. The number of hydrogen-bond acceptors (Lipinski definition) is 2. The molecule has 2 rings (SSSR count). The zero-order valence-corrected chi connectivity index (χ0v) is 11.5. The highest BCUT2D eigenvalue weighted by Crippen LogP contribution is 2.20. The molecule has 2 aromatic carbocycles. The first-order valence-electron chi connectivity index (χ1n) is 6.40. The maximum atomic E-state index is 12.2. The molecular weight excluding hydrogens is 260 g/mol. The molecule has 0 atom stereocenters. The van der Waals surface area contributed by atoms with Gasteiger partial charge in [-0.25, -0.2) is 0 Å². The van der Waals surface area contributed by atoms with Gasteiger partial charge in [-0.3, -0.25) is 0 Å². The quantitative estimate of drug-likeness (QED) is 0.867. The Labute approximate surface area is 117 Å². The SMILES string of the molecule is Cc1cccc(CNc2cccc(OC(F)F)c2)c1C. The lowest BCUT2D eigenvalue weighted by molar-refractivity contribution is -0.0498. The average Bonchev–Trinajstić information content (AvgIpc) is 2.40. The van der Waals surface area contributed by atoms with Crippen LogP contribution in [0.3, 0.4) is 0 Å². The lowest BCUT2D eigenvalue weighted by Gasteiger charge is -2.12. The first kappa shape index (κ1) is 14.3. The van der Waals surface area contributed by atoms with E-state index in [1.54, 1.807) is 12.1 Å². The van der Waals surface area contributed by atoms with Gasteiger partial charge in [0.05, 0.1) is 0 Å². The van der Waals surface area contributed by atoms with Gasteiger partial charge in [0.15, 0.2) is 0 Å². The Morgan fingerprint density at radius 1 is 1.10 bits per heavy atom. The lowest BCUT2D eigenvalue weighted by Crippen LogP contribution is -2.04. The van der Waals surface area contributed by atoms with Crippen LogP contribution in [0.25, 0.3) is 0 Å². The highest BCUT2D eigenvalue weighted by atomic mass is 19.3.